The summed E-state index contributed by atoms with van der Waals surface area (Å²) in [4.78, 5) is 0. The maximum absolute atomic E-state index is 5.82. The van der Waals surface area contributed by atoms with E-state index in [0.29, 0.717) is 0 Å². The third-order valence-corrected chi connectivity index (χ3v) is 2.95. The highest BCUT2D eigenvalue weighted by Gasteiger charge is 2.13. The second kappa shape index (κ2) is 4.25. The van der Waals surface area contributed by atoms with E-state index in [1.54, 1.807) is 0 Å². The first-order valence-electron chi connectivity index (χ1n) is 5.93. The molecule has 2 aromatic carbocycles. The van der Waals surface area contributed by atoms with E-state index in [9.17, 15) is 0 Å². The molecule has 2 N–H and O–H groups in total. The fourth-order valence-electron chi connectivity index (χ4n) is 1.88. The summed E-state index contributed by atoms with van der Waals surface area (Å²) in [6, 6.07) is 16.7. The van der Waals surface area contributed by atoms with Crippen LogP contribution in [0, 0.1) is 0 Å². The topological polar surface area (TPSA) is 26.0 Å². The Balaban J connectivity index is 2.47. The van der Waals surface area contributed by atoms with E-state index < -0.39 is 0 Å². The molecule has 2 aromatic rings. The first-order chi connectivity index (χ1) is 7.97. The maximum Gasteiger partial charge on any atom is 0.0320 e. The third kappa shape index (κ3) is 2.68. The fourth-order valence-corrected chi connectivity index (χ4v) is 1.88. The van der Waals surface area contributed by atoms with Gasteiger partial charge in [0.2, 0.25) is 0 Å². The van der Waals surface area contributed by atoms with Gasteiger partial charge in [0.05, 0.1) is 0 Å². The van der Waals surface area contributed by atoms with E-state index in [2.05, 4.69) is 51.1 Å². The molecule has 0 bridgehead atoms. The molecule has 0 aliphatic heterocycles. The van der Waals surface area contributed by atoms with Crippen LogP contribution in [0.25, 0.3) is 11.1 Å². The van der Waals surface area contributed by atoms with Crippen LogP contribution in [0.3, 0.4) is 0 Å². The normalized spacial score (nSPS) is 11.5. The first kappa shape index (κ1) is 11.7. The highest BCUT2D eigenvalue weighted by Crippen LogP contribution is 2.28. The molecule has 2 rings (SSSR count). The van der Waals surface area contributed by atoms with Crippen molar-refractivity contribution in [3.63, 3.8) is 0 Å². The van der Waals surface area contributed by atoms with Gasteiger partial charge in [0, 0.05) is 5.69 Å². The Labute approximate surface area is 103 Å². The van der Waals surface area contributed by atoms with Gasteiger partial charge < -0.3 is 5.73 Å². The van der Waals surface area contributed by atoms with Crippen molar-refractivity contribution in [3.8, 4) is 11.1 Å². The van der Waals surface area contributed by atoms with E-state index in [4.69, 9.17) is 5.73 Å². The Morgan fingerprint density at radius 2 is 1.41 bits per heavy atom. The Morgan fingerprint density at radius 1 is 0.824 bits per heavy atom. The highest BCUT2D eigenvalue weighted by molar-refractivity contribution is 5.68. The van der Waals surface area contributed by atoms with Crippen molar-refractivity contribution in [2.24, 2.45) is 0 Å². The average Bonchev–Trinajstić information content (AvgIpc) is 2.28. The molecular weight excluding hydrogens is 206 g/mol. The molecule has 0 radical (unpaired) electrons. The number of nitrogens with two attached hydrogens (primary N) is 1. The van der Waals surface area contributed by atoms with Crippen molar-refractivity contribution in [3.05, 3.63) is 54.1 Å². The summed E-state index contributed by atoms with van der Waals surface area (Å²) < 4.78 is 0. The lowest BCUT2D eigenvalue weighted by atomic mass is 9.85. The SMILES string of the molecule is CC(C)(C)c1cccc(-c2cccc(N)c2)c1. The summed E-state index contributed by atoms with van der Waals surface area (Å²) in [6.07, 6.45) is 0. The lowest BCUT2D eigenvalue weighted by Crippen LogP contribution is -2.10. The molecule has 0 fully saturated rings. The lowest BCUT2D eigenvalue weighted by Gasteiger charge is -2.19. The number of anilines is 1. The smallest absolute Gasteiger partial charge is 0.0320 e. The average molecular weight is 225 g/mol. The van der Waals surface area contributed by atoms with E-state index in [1.807, 2.05) is 18.2 Å². The van der Waals surface area contributed by atoms with Gasteiger partial charge in [-0.2, -0.15) is 0 Å². The number of benzene rings is 2. The van der Waals surface area contributed by atoms with Gasteiger partial charge >= 0.3 is 0 Å². The van der Waals surface area contributed by atoms with Crippen LogP contribution in [0.4, 0.5) is 5.69 Å². The van der Waals surface area contributed by atoms with Gasteiger partial charge in [-0.05, 0) is 34.2 Å². The zero-order valence-corrected chi connectivity index (χ0v) is 10.7. The van der Waals surface area contributed by atoms with Crippen LogP contribution in [-0.2, 0) is 5.41 Å². The van der Waals surface area contributed by atoms with Gasteiger partial charge in [0.1, 0.15) is 0 Å². The molecule has 17 heavy (non-hydrogen) atoms. The summed E-state index contributed by atoms with van der Waals surface area (Å²) in [6.45, 7) is 6.68. The zero-order valence-electron chi connectivity index (χ0n) is 10.7. The summed E-state index contributed by atoms with van der Waals surface area (Å²) in [5.41, 5.74) is 10.6. The van der Waals surface area contributed by atoms with Crippen LogP contribution >= 0.6 is 0 Å². The van der Waals surface area contributed by atoms with Crippen molar-refractivity contribution in [1.29, 1.82) is 0 Å². The molecule has 0 aliphatic rings. The highest BCUT2D eigenvalue weighted by atomic mass is 14.5. The summed E-state index contributed by atoms with van der Waals surface area (Å²) in [5, 5.41) is 0. The molecule has 0 aromatic heterocycles. The number of hydrogen-bond donors (Lipinski definition) is 1. The van der Waals surface area contributed by atoms with Gasteiger partial charge in [0.25, 0.3) is 0 Å². The van der Waals surface area contributed by atoms with Gasteiger partial charge in [-0.25, -0.2) is 0 Å². The van der Waals surface area contributed by atoms with Crippen LogP contribution in [-0.4, -0.2) is 0 Å². The van der Waals surface area contributed by atoms with Gasteiger partial charge in [-0.15, -0.1) is 0 Å². The van der Waals surface area contributed by atoms with Gasteiger partial charge in [0.15, 0.2) is 0 Å². The minimum absolute atomic E-state index is 0.177. The first-order valence-corrected chi connectivity index (χ1v) is 5.93. The van der Waals surface area contributed by atoms with Crippen molar-refractivity contribution in [2.75, 3.05) is 5.73 Å². The van der Waals surface area contributed by atoms with Crippen LogP contribution in [0.15, 0.2) is 48.5 Å². The largest absolute Gasteiger partial charge is 0.399 e. The predicted octanol–water partition coefficient (Wildman–Crippen LogP) is 4.23. The van der Waals surface area contributed by atoms with E-state index in [1.165, 1.54) is 16.7 Å². The van der Waals surface area contributed by atoms with Crippen LogP contribution in [0.5, 0.6) is 0 Å². The number of rotatable bonds is 1. The molecule has 88 valence electrons. The quantitative estimate of drug-likeness (QED) is 0.722. The minimum atomic E-state index is 0.177. The zero-order chi connectivity index (χ0) is 12.5. The Bertz CT molecular complexity index is 521. The molecule has 0 heterocycles. The summed E-state index contributed by atoms with van der Waals surface area (Å²) in [5.74, 6) is 0. The molecular formula is C16H19N. The van der Waals surface area contributed by atoms with Crippen molar-refractivity contribution in [1.82, 2.24) is 0 Å². The summed E-state index contributed by atoms with van der Waals surface area (Å²) in [7, 11) is 0. The molecule has 1 heteroatoms. The van der Waals surface area contributed by atoms with Gasteiger partial charge in [-0.3, -0.25) is 0 Å². The molecule has 0 spiro atoms. The molecule has 0 unspecified atom stereocenters. The number of nitrogen functional groups attached to an aromatic ring is 1. The monoisotopic (exact) mass is 225 g/mol. The van der Waals surface area contributed by atoms with Crippen LogP contribution in [0.1, 0.15) is 26.3 Å². The Hall–Kier alpha value is -1.76. The lowest BCUT2D eigenvalue weighted by molar-refractivity contribution is 0.590. The third-order valence-electron chi connectivity index (χ3n) is 2.95. The molecule has 0 atom stereocenters. The fraction of sp³-hybridized carbons (Fsp3) is 0.250. The minimum Gasteiger partial charge on any atom is -0.399 e. The second-order valence-corrected chi connectivity index (χ2v) is 5.46. The molecule has 1 nitrogen and oxygen atoms in total. The molecule has 0 amide bonds. The maximum atomic E-state index is 5.82. The van der Waals surface area contributed by atoms with Crippen molar-refractivity contribution in [2.45, 2.75) is 26.2 Å². The molecule has 0 aliphatic carbocycles. The van der Waals surface area contributed by atoms with Crippen molar-refractivity contribution >= 4 is 5.69 Å². The Kier molecular flexibility index (Phi) is 2.93. The van der Waals surface area contributed by atoms with Crippen LogP contribution < -0.4 is 5.73 Å². The summed E-state index contributed by atoms with van der Waals surface area (Å²) >= 11 is 0. The van der Waals surface area contributed by atoms with E-state index in [0.717, 1.165) is 5.69 Å². The Morgan fingerprint density at radius 3 is 2.00 bits per heavy atom. The molecule has 0 saturated heterocycles. The van der Waals surface area contributed by atoms with E-state index in [-0.39, 0.29) is 5.41 Å². The van der Waals surface area contributed by atoms with Gasteiger partial charge in [-0.1, -0.05) is 57.2 Å². The van der Waals surface area contributed by atoms with E-state index >= 15 is 0 Å². The second-order valence-electron chi connectivity index (χ2n) is 5.46. The van der Waals surface area contributed by atoms with Crippen molar-refractivity contribution < 1.29 is 0 Å². The van der Waals surface area contributed by atoms with Crippen LogP contribution in [0.2, 0.25) is 0 Å². The standard InChI is InChI=1S/C16H19N/c1-16(2,3)14-8-4-6-12(10-14)13-7-5-9-15(17)11-13/h4-11H,17H2,1-3H3. The predicted molar refractivity (Wildman–Crippen MR) is 75.0 cm³/mol. The molecule has 0 saturated carbocycles. The number of hydrogen-bond acceptors (Lipinski definition) is 1.